The molecule has 2 amide bonds. The summed E-state index contributed by atoms with van der Waals surface area (Å²) in [7, 11) is -3.58. The first-order chi connectivity index (χ1) is 19.2. The van der Waals surface area contributed by atoms with E-state index >= 15 is 0 Å². The molecule has 214 valence electrons. The Balaban J connectivity index is 1.84. The molecule has 0 spiro atoms. The largest absolute Gasteiger partial charge is 0.354 e. The van der Waals surface area contributed by atoms with Crippen LogP contribution in [0, 0.1) is 0 Å². The third kappa shape index (κ3) is 9.68. The number of rotatable bonds is 15. The minimum Gasteiger partial charge on any atom is -0.354 e. The van der Waals surface area contributed by atoms with Gasteiger partial charge < -0.3 is 10.2 Å². The fraction of sp³-hybridized carbons (Fsp3) is 0.355. The Kier molecular flexibility index (Phi) is 12.0. The molecule has 0 fully saturated rings. The summed E-state index contributed by atoms with van der Waals surface area (Å²) < 4.78 is 26.4. The van der Waals surface area contributed by atoms with Gasteiger partial charge in [-0.05, 0) is 48.2 Å². The molecule has 0 saturated heterocycles. The lowest BCUT2D eigenvalue weighted by Gasteiger charge is -2.32. The Labute approximate surface area is 243 Å². The molecule has 1 N–H and O–H groups in total. The zero-order valence-electron chi connectivity index (χ0n) is 23.1. The van der Waals surface area contributed by atoms with Crippen molar-refractivity contribution in [2.75, 3.05) is 23.7 Å². The third-order valence-corrected chi connectivity index (χ3v) is 8.01. The maximum absolute atomic E-state index is 13.8. The number of unbranched alkanes of at least 4 members (excludes halogenated alkanes) is 1. The minimum atomic E-state index is -3.58. The molecule has 0 aliphatic heterocycles. The van der Waals surface area contributed by atoms with Gasteiger partial charge in [-0.2, -0.15) is 0 Å². The quantitative estimate of drug-likeness (QED) is 0.241. The predicted molar refractivity (Wildman–Crippen MR) is 162 cm³/mol. The molecule has 7 nitrogen and oxygen atoms in total. The molecular formula is C31H38ClN3O4S. The summed E-state index contributed by atoms with van der Waals surface area (Å²) in [5, 5.41) is 3.52. The van der Waals surface area contributed by atoms with Crippen LogP contribution in [0.3, 0.4) is 0 Å². The van der Waals surface area contributed by atoms with Crippen molar-refractivity contribution in [1.29, 1.82) is 0 Å². The summed E-state index contributed by atoms with van der Waals surface area (Å²) in [4.78, 5) is 28.9. The highest BCUT2D eigenvalue weighted by atomic mass is 35.5. The Morgan fingerprint density at radius 2 is 1.48 bits per heavy atom. The van der Waals surface area contributed by atoms with Crippen molar-refractivity contribution in [1.82, 2.24) is 10.2 Å². The molecule has 0 bridgehead atoms. The van der Waals surface area contributed by atoms with Gasteiger partial charge in [0, 0.05) is 37.5 Å². The Hall–Kier alpha value is -3.36. The van der Waals surface area contributed by atoms with Gasteiger partial charge in [0.25, 0.3) is 0 Å². The molecule has 40 heavy (non-hydrogen) atoms. The second kappa shape index (κ2) is 15.4. The summed E-state index contributed by atoms with van der Waals surface area (Å²) in [5.41, 5.74) is 2.35. The van der Waals surface area contributed by atoms with E-state index in [2.05, 4.69) is 12.2 Å². The van der Waals surface area contributed by atoms with Crippen LogP contribution < -0.4 is 9.62 Å². The molecular weight excluding hydrogens is 546 g/mol. The van der Waals surface area contributed by atoms with Crippen LogP contribution in [0.1, 0.15) is 43.7 Å². The topological polar surface area (TPSA) is 86.8 Å². The number of benzene rings is 3. The molecule has 3 aromatic rings. The summed E-state index contributed by atoms with van der Waals surface area (Å²) in [6, 6.07) is 25.1. The molecule has 0 aliphatic carbocycles. The molecule has 0 aliphatic rings. The van der Waals surface area contributed by atoms with Crippen LogP contribution in [0.25, 0.3) is 0 Å². The van der Waals surface area contributed by atoms with Crippen LogP contribution in [0.5, 0.6) is 0 Å². The van der Waals surface area contributed by atoms with Crippen molar-refractivity contribution in [2.45, 2.75) is 51.6 Å². The van der Waals surface area contributed by atoms with E-state index in [0.717, 1.165) is 30.2 Å². The van der Waals surface area contributed by atoms with E-state index in [1.54, 1.807) is 29.2 Å². The summed E-state index contributed by atoms with van der Waals surface area (Å²) in [6.45, 7) is 2.99. The van der Waals surface area contributed by atoms with E-state index < -0.39 is 16.1 Å². The average Bonchev–Trinajstić information content (AvgIpc) is 2.94. The maximum atomic E-state index is 13.8. The number of amides is 2. The molecule has 0 unspecified atom stereocenters. The van der Waals surface area contributed by atoms with Gasteiger partial charge in [0.05, 0.1) is 11.9 Å². The van der Waals surface area contributed by atoms with E-state index in [4.69, 9.17) is 11.6 Å². The van der Waals surface area contributed by atoms with Gasteiger partial charge in [-0.1, -0.05) is 85.6 Å². The number of carbonyl (C=O) groups excluding carboxylic acids is 2. The number of hydrogen-bond acceptors (Lipinski definition) is 4. The summed E-state index contributed by atoms with van der Waals surface area (Å²) in [5.74, 6) is -0.402. The van der Waals surface area contributed by atoms with Crippen molar-refractivity contribution in [3.63, 3.8) is 0 Å². The predicted octanol–water partition coefficient (Wildman–Crippen LogP) is 5.44. The fourth-order valence-electron chi connectivity index (χ4n) is 4.45. The second-order valence-electron chi connectivity index (χ2n) is 9.77. The molecule has 1 atom stereocenters. The molecule has 0 saturated carbocycles. The van der Waals surface area contributed by atoms with E-state index in [0.29, 0.717) is 23.7 Å². The fourth-order valence-corrected chi connectivity index (χ4v) is 5.54. The van der Waals surface area contributed by atoms with Gasteiger partial charge in [-0.15, -0.1) is 0 Å². The van der Waals surface area contributed by atoms with Gasteiger partial charge in [0.1, 0.15) is 6.04 Å². The number of hydrogen-bond donors (Lipinski definition) is 1. The van der Waals surface area contributed by atoms with Crippen molar-refractivity contribution >= 4 is 39.1 Å². The first-order valence-electron chi connectivity index (χ1n) is 13.6. The van der Waals surface area contributed by atoms with E-state index in [-0.39, 0.29) is 37.7 Å². The Morgan fingerprint density at radius 1 is 0.875 bits per heavy atom. The average molecular weight is 584 g/mol. The van der Waals surface area contributed by atoms with Crippen LogP contribution >= 0.6 is 11.6 Å². The summed E-state index contributed by atoms with van der Waals surface area (Å²) in [6.07, 6.45) is 3.68. The number of nitrogens with one attached hydrogen (secondary N) is 1. The molecule has 0 aromatic heterocycles. The Bertz CT molecular complexity index is 1320. The minimum absolute atomic E-state index is 0.0833. The van der Waals surface area contributed by atoms with Gasteiger partial charge in [-0.25, -0.2) is 8.42 Å². The highest BCUT2D eigenvalue weighted by molar-refractivity contribution is 7.92. The van der Waals surface area contributed by atoms with Gasteiger partial charge >= 0.3 is 0 Å². The molecule has 0 heterocycles. The highest BCUT2D eigenvalue weighted by Gasteiger charge is 2.30. The highest BCUT2D eigenvalue weighted by Crippen LogP contribution is 2.22. The maximum Gasteiger partial charge on any atom is 0.243 e. The number of sulfonamides is 1. The molecule has 3 rings (SSSR count). The lowest BCUT2D eigenvalue weighted by Crippen LogP contribution is -2.50. The first-order valence-corrected chi connectivity index (χ1v) is 15.8. The standard InChI is InChI=1S/C31H38ClN3O4S/c1-3-4-21-33-31(37)29(23-25-12-7-5-8-13-25)34(24-26-14-9-6-10-15-26)30(36)16-11-22-35(40(2,38)39)28-19-17-27(32)18-20-28/h5-10,12-15,17-20,29H,3-4,11,16,21-24H2,1-2H3,(H,33,37)/t29-/m1/s1. The first kappa shape index (κ1) is 31.2. The van der Waals surface area contributed by atoms with E-state index in [1.807, 2.05) is 60.7 Å². The van der Waals surface area contributed by atoms with Crippen LogP contribution in [-0.4, -0.2) is 50.5 Å². The van der Waals surface area contributed by atoms with Crippen molar-refractivity contribution in [2.24, 2.45) is 0 Å². The van der Waals surface area contributed by atoms with Gasteiger partial charge in [-0.3, -0.25) is 13.9 Å². The number of anilines is 1. The zero-order valence-corrected chi connectivity index (χ0v) is 24.7. The summed E-state index contributed by atoms with van der Waals surface area (Å²) >= 11 is 5.98. The van der Waals surface area contributed by atoms with E-state index in [9.17, 15) is 18.0 Å². The van der Waals surface area contributed by atoms with Crippen molar-refractivity contribution in [3.8, 4) is 0 Å². The zero-order chi connectivity index (χ0) is 29.0. The number of nitrogens with zero attached hydrogens (tertiary/aromatic N) is 2. The van der Waals surface area contributed by atoms with Gasteiger partial charge in [0.15, 0.2) is 0 Å². The number of carbonyl (C=O) groups is 2. The SMILES string of the molecule is CCCCNC(=O)[C@@H](Cc1ccccc1)N(Cc1ccccc1)C(=O)CCCN(c1ccc(Cl)cc1)S(C)(=O)=O. The third-order valence-electron chi connectivity index (χ3n) is 6.56. The molecule has 3 aromatic carbocycles. The van der Waals surface area contributed by atoms with Crippen molar-refractivity contribution < 1.29 is 18.0 Å². The van der Waals surface area contributed by atoms with Crippen LogP contribution in [-0.2, 0) is 32.6 Å². The van der Waals surface area contributed by atoms with Crippen molar-refractivity contribution in [3.05, 3.63) is 101 Å². The van der Waals surface area contributed by atoms with Crippen LogP contribution in [0.2, 0.25) is 5.02 Å². The normalized spacial score (nSPS) is 12.0. The van der Waals surface area contributed by atoms with Crippen LogP contribution in [0.4, 0.5) is 5.69 Å². The smallest absolute Gasteiger partial charge is 0.243 e. The monoisotopic (exact) mass is 583 g/mol. The number of halogens is 1. The van der Waals surface area contributed by atoms with Gasteiger partial charge in [0.2, 0.25) is 21.8 Å². The molecule has 0 radical (unpaired) electrons. The lowest BCUT2D eigenvalue weighted by molar-refractivity contribution is -0.141. The second-order valence-corrected chi connectivity index (χ2v) is 12.1. The lowest BCUT2D eigenvalue weighted by atomic mass is 10.0. The van der Waals surface area contributed by atoms with Crippen LogP contribution in [0.15, 0.2) is 84.9 Å². The van der Waals surface area contributed by atoms with E-state index in [1.165, 1.54) is 4.31 Å². The molecule has 9 heteroatoms. The Morgan fingerprint density at radius 3 is 2.05 bits per heavy atom.